The fourth-order valence-electron chi connectivity index (χ4n) is 8.80. The molecule has 0 saturated heterocycles. The topological polar surface area (TPSA) is 16.4 Å². The van der Waals surface area contributed by atoms with Crippen LogP contribution < -0.4 is 4.90 Å². The summed E-state index contributed by atoms with van der Waals surface area (Å²) in [6.07, 6.45) is 6.11. The molecule has 0 unspecified atom stereocenters. The van der Waals surface area contributed by atoms with Crippen LogP contribution >= 0.6 is 11.3 Å². The Morgan fingerprint density at radius 2 is 1.10 bits per heavy atom. The van der Waals surface area contributed by atoms with Crippen LogP contribution in [0.25, 0.3) is 92.3 Å². The van der Waals surface area contributed by atoms with Crippen LogP contribution in [0, 0.1) is 6.92 Å². The molecule has 0 aliphatic carbocycles. The quantitative estimate of drug-likeness (QED) is 0.143. The Labute approximate surface area is 353 Å². The number of rotatable bonds is 8. The smallest absolute Gasteiger partial charge is 0.143 e. The molecule has 284 valence electrons. The molecule has 0 spiro atoms. The number of allylic oxidation sites excluding steroid dienone is 2. The summed E-state index contributed by atoms with van der Waals surface area (Å²) in [5.74, 6) is 0. The Kier molecular flexibility index (Phi) is 8.76. The number of anilines is 3. The summed E-state index contributed by atoms with van der Waals surface area (Å²) < 4.78 is 9.04. The zero-order chi connectivity index (χ0) is 40.2. The van der Waals surface area contributed by atoms with Gasteiger partial charge in [-0.05, 0) is 124 Å². The third-order valence-electron chi connectivity index (χ3n) is 11.9. The molecule has 2 nitrogen and oxygen atoms in total. The van der Waals surface area contributed by atoms with Gasteiger partial charge < -0.3 is 9.32 Å². The van der Waals surface area contributed by atoms with Gasteiger partial charge in [-0.15, -0.1) is 11.3 Å². The predicted molar refractivity (Wildman–Crippen MR) is 259 cm³/mol. The van der Waals surface area contributed by atoms with Crippen LogP contribution in [-0.2, 0) is 0 Å². The Morgan fingerprint density at radius 1 is 0.500 bits per heavy atom. The van der Waals surface area contributed by atoms with Crippen molar-refractivity contribution >= 4 is 87.4 Å². The summed E-state index contributed by atoms with van der Waals surface area (Å²) in [5, 5.41) is 7.17. The minimum Gasteiger partial charge on any atom is -0.455 e. The second kappa shape index (κ2) is 14.7. The van der Waals surface area contributed by atoms with E-state index >= 15 is 0 Å². The van der Waals surface area contributed by atoms with Gasteiger partial charge in [0.1, 0.15) is 11.2 Å². The second-order valence-corrected chi connectivity index (χ2v) is 16.4. The van der Waals surface area contributed by atoms with Gasteiger partial charge in [0, 0.05) is 53.4 Å². The Morgan fingerprint density at radius 3 is 1.82 bits per heavy atom. The Balaban J connectivity index is 0.989. The van der Waals surface area contributed by atoms with Crippen molar-refractivity contribution in [2.75, 3.05) is 4.90 Å². The Hall–Kier alpha value is -7.46. The van der Waals surface area contributed by atoms with Crippen LogP contribution in [0.2, 0.25) is 0 Å². The average molecular weight is 786 g/mol. The molecule has 11 rings (SSSR count). The SMILES string of the molecule is C=C/C=C\c1c(C)c(-c2ccc(N(c3ccc(-c4ccccc4)cc3)c3ccc(-c4ccc5oc6c7ccccc7ccc6c5c4)cc3)cc2)cc2c1sc1ccccc12. The van der Waals surface area contributed by atoms with Crippen molar-refractivity contribution in [1.82, 2.24) is 0 Å². The van der Waals surface area contributed by atoms with E-state index in [1.54, 1.807) is 0 Å². The summed E-state index contributed by atoms with van der Waals surface area (Å²) in [6.45, 7) is 6.20. The van der Waals surface area contributed by atoms with Gasteiger partial charge in [0.2, 0.25) is 0 Å². The van der Waals surface area contributed by atoms with Gasteiger partial charge in [0.15, 0.2) is 0 Å². The molecule has 0 bridgehead atoms. The van der Waals surface area contributed by atoms with E-state index in [4.69, 9.17) is 4.42 Å². The van der Waals surface area contributed by atoms with E-state index < -0.39 is 0 Å². The highest BCUT2D eigenvalue weighted by Crippen LogP contribution is 2.44. The highest BCUT2D eigenvalue weighted by Gasteiger charge is 2.18. The van der Waals surface area contributed by atoms with Crippen molar-refractivity contribution in [3.05, 3.63) is 218 Å². The molecule has 0 aliphatic rings. The van der Waals surface area contributed by atoms with Gasteiger partial charge in [0.05, 0.1) is 0 Å². The van der Waals surface area contributed by atoms with E-state index in [1.165, 1.54) is 58.9 Å². The zero-order valence-corrected chi connectivity index (χ0v) is 33.9. The van der Waals surface area contributed by atoms with Crippen molar-refractivity contribution in [3.8, 4) is 33.4 Å². The third kappa shape index (κ3) is 6.10. The second-order valence-electron chi connectivity index (χ2n) is 15.4. The number of fused-ring (bicyclic) bond motifs is 8. The van der Waals surface area contributed by atoms with E-state index in [0.717, 1.165) is 55.5 Å². The number of benzene rings is 9. The summed E-state index contributed by atoms with van der Waals surface area (Å²) in [6, 6.07) is 67.9. The van der Waals surface area contributed by atoms with Crippen molar-refractivity contribution in [3.63, 3.8) is 0 Å². The molecule has 0 atom stereocenters. The highest BCUT2D eigenvalue weighted by atomic mass is 32.1. The lowest BCUT2D eigenvalue weighted by Crippen LogP contribution is -2.09. The molecule has 2 heterocycles. The largest absolute Gasteiger partial charge is 0.455 e. The minimum atomic E-state index is 0.901. The standard InChI is InChI=1S/C57H39NOS/c1-3-4-15-47-37(2)51(36-53-49-17-10-11-18-55(49)60-57(47)53)42-23-31-46(32-24-42)58(44-27-19-39(20-28-44)38-12-6-5-7-13-38)45-29-21-40(22-30-45)43-26-34-54-52(35-43)50-33-25-41-14-8-9-16-48(41)56(50)59-54/h3-36H,1H2,2H3/b15-4-. The van der Waals surface area contributed by atoms with E-state index in [1.807, 2.05) is 23.5 Å². The van der Waals surface area contributed by atoms with Crippen LogP contribution in [0.3, 0.4) is 0 Å². The average Bonchev–Trinajstić information content (AvgIpc) is 3.88. The van der Waals surface area contributed by atoms with Crippen LogP contribution in [-0.4, -0.2) is 0 Å². The van der Waals surface area contributed by atoms with Crippen molar-refractivity contribution < 1.29 is 4.42 Å². The molecular weight excluding hydrogens is 747 g/mol. The summed E-state index contributed by atoms with van der Waals surface area (Å²) >= 11 is 1.86. The van der Waals surface area contributed by atoms with Gasteiger partial charge in [0.25, 0.3) is 0 Å². The molecule has 11 aromatic rings. The molecule has 60 heavy (non-hydrogen) atoms. The molecule has 3 heteroatoms. The normalized spacial score (nSPS) is 11.8. The van der Waals surface area contributed by atoms with Gasteiger partial charge in [-0.25, -0.2) is 0 Å². The monoisotopic (exact) mass is 785 g/mol. The maximum Gasteiger partial charge on any atom is 0.143 e. The van der Waals surface area contributed by atoms with Crippen LogP contribution in [0.5, 0.6) is 0 Å². The maximum atomic E-state index is 6.43. The first kappa shape index (κ1) is 35.7. The van der Waals surface area contributed by atoms with Crippen LogP contribution in [0.15, 0.2) is 211 Å². The lowest BCUT2D eigenvalue weighted by atomic mass is 9.93. The first-order chi connectivity index (χ1) is 29.6. The van der Waals surface area contributed by atoms with E-state index in [2.05, 4.69) is 213 Å². The minimum absolute atomic E-state index is 0.901. The summed E-state index contributed by atoms with van der Waals surface area (Å²) in [5.41, 5.74) is 14.7. The Bertz CT molecular complexity index is 3420. The molecule has 0 saturated carbocycles. The lowest BCUT2D eigenvalue weighted by molar-refractivity contribution is 0.672. The number of nitrogens with zero attached hydrogens (tertiary/aromatic N) is 1. The first-order valence-electron chi connectivity index (χ1n) is 20.4. The van der Waals surface area contributed by atoms with Crippen molar-refractivity contribution in [2.24, 2.45) is 0 Å². The fraction of sp³-hybridized carbons (Fsp3) is 0.0175. The molecule has 9 aromatic carbocycles. The number of hydrogen-bond donors (Lipinski definition) is 0. The molecule has 0 fully saturated rings. The summed E-state index contributed by atoms with van der Waals surface area (Å²) in [7, 11) is 0. The van der Waals surface area contributed by atoms with Gasteiger partial charge in [-0.2, -0.15) is 0 Å². The number of thiophene rings is 1. The highest BCUT2D eigenvalue weighted by molar-refractivity contribution is 7.26. The van der Waals surface area contributed by atoms with Crippen LogP contribution in [0.1, 0.15) is 11.1 Å². The summed E-state index contributed by atoms with van der Waals surface area (Å²) in [4.78, 5) is 2.35. The van der Waals surface area contributed by atoms with Gasteiger partial charge >= 0.3 is 0 Å². The van der Waals surface area contributed by atoms with Crippen molar-refractivity contribution in [2.45, 2.75) is 6.92 Å². The molecule has 0 amide bonds. The predicted octanol–water partition coefficient (Wildman–Crippen LogP) is 17.1. The lowest BCUT2D eigenvalue weighted by Gasteiger charge is -2.26. The van der Waals surface area contributed by atoms with Crippen molar-refractivity contribution in [1.29, 1.82) is 0 Å². The van der Waals surface area contributed by atoms with E-state index in [0.29, 0.717) is 0 Å². The molecule has 0 N–H and O–H groups in total. The van der Waals surface area contributed by atoms with Gasteiger partial charge in [-0.3, -0.25) is 0 Å². The molecule has 0 aliphatic heterocycles. The van der Waals surface area contributed by atoms with Crippen LogP contribution in [0.4, 0.5) is 17.1 Å². The third-order valence-corrected chi connectivity index (χ3v) is 13.1. The molecule has 0 radical (unpaired) electrons. The number of hydrogen-bond acceptors (Lipinski definition) is 3. The van der Waals surface area contributed by atoms with Gasteiger partial charge in [-0.1, -0.05) is 146 Å². The number of furan rings is 1. The first-order valence-corrected chi connectivity index (χ1v) is 21.2. The van der Waals surface area contributed by atoms with E-state index in [9.17, 15) is 0 Å². The fourth-order valence-corrected chi connectivity index (χ4v) is 10.1. The zero-order valence-electron chi connectivity index (χ0n) is 33.1. The molecule has 2 aromatic heterocycles. The maximum absolute atomic E-state index is 6.43. The van der Waals surface area contributed by atoms with E-state index in [-0.39, 0.29) is 0 Å². The molecular formula is C57H39NOS.